The van der Waals surface area contributed by atoms with Gasteiger partial charge in [-0.2, -0.15) is 0 Å². The zero-order valence-corrected chi connectivity index (χ0v) is 10.7. The number of rotatable bonds is 7. The summed E-state index contributed by atoms with van der Waals surface area (Å²) in [7, 11) is 5.89. The monoisotopic (exact) mass is 215 g/mol. The number of carbonyl (C=O) groups excluding carboxylic acids is 1. The van der Waals surface area contributed by atoms with Crippen molar-refractivity contribution >= 4 is 5.91 Å². The number of hydrogen-bond donors (Lipinski definition) is 1. The Hall–Kier alpha value is -0.610. The van der Waals surface area contributed by atoms with Crippen molar-refractivity contribution in [3.05, 3.63) is 0 Å². The molecule has 4 nitrogen and oxygen atoms in total. The van der Waals surface area contributed by atoms with Gasteiger partial charge in [-0.05, 0) is 14.1 Å². The predicted octanol–water partition coefficient (Wildman–Crippen LogP) is 0.395. The standard InChI is InChI=1S/C11H25N3O/c1-10(2)12-7-6-11(15)14(5)9-8-13(3)4/h10,12H,6-9H2,1-5H3. The van der Waals surface area contributed by atoms with Crippen molar-refractivity contribution in [1.29, 1.82) is 0 Å². The van der Waals surface area contributed by atoms with E-state index in [2.05, 4.69) is 24.1 Å². The first-order valence-electron chi connectivity index (χ1n) is 5.55. The number of carbonyl (C=O) groups is 1. The van der Waals surface area contributed by atoms with Gasteiger partial charge in [-0.15, -0.1) is 0 Å². The first-order valence-corrected chi connectivity index (χ1v) is 5.55. The van der Waals surface area contributed by atoms with Gasteiger partial charge in [0, 0.05) is 39.1 Å². The van der Waals surface area contributed by atoms with E-state index in [1.165, 1.54) is 0 Å². The molecular formula is C11H25N3O. The largest absolute Gasteiger partial charge is 0.344 e. The van der Waals surface area contributed by atoms with Crippen LogP contribution in [0.2, 0.25) is 0 Å². The van der Waals surface area contributed by atoms with Crippen LogP contribution in [0.1, 0.15) is 20.3 Å². The highest BCUT2D eigenvalue weighted by Gasteiger charge is 2.08. The van der Waals surface area contributed by atoms with Crippen LogP contribution in [0, 0.1) is 0 Å². The average molecular weight is 215 g/mol. The third-order valence-corrected chi connectivity index (χ3v) is 2.20. The minimum absolute atomic E-state index is 0.213. The lowest BCUT2D eigenvalue weighted by molar-refractivity contribution is -0.129. The number of hydrogen-bond acceptors (Lipinski definition) is 3. The Morgan fingerprint density at radius 2 is 1.80 bits per heavy atom. The zero-order valence-electron chi connectivity index (χ0n) is 10.7. The van der Waals surface area contributed by atoms with Crippen LogP contribution >= 0.6 is 0 Å². The van der Waals surface area contributed by atoms with Gasteiger partial charge in [-0.3, -0.25) is 4.79 Å². The smallest absolute Gasteiger partial charge is 0.223 e. The molecule has 1 N–H and O–H groups in total. The van der Waals surface area contributed by atoms with Gasteiger partial charge in [0.2, 0.25) is 5.91 Å². The van der Waals surface area contributed by atoms with E-state index in [9.17, 15) is 4.79 Å². The Morgan fingerprint density at radius 3 is 2.27 bits per heavy atom. The van der Waals surface area contributed by atoms with Crippen LogP contribution in [0.4, 0.5) is 0 Å². The highest BCUT2D eigenvalue weighted by Crippen LogP contribution is 1.91. The van der Waals surface area contributed by atoms with Crippen molar-refractivity contribution in [2.24, 2.45) is 0 Å². The predicted molar refractivity (Wildman–Crippen MR) is 63.9 cm³/mol. The molecule has 0 spiro atoms. The third kappa shape index (κ3) is 8.39. The highest BCUT2D eigenvalue weighted by molar-refractivity contribution is 5.76. The van der Waals surface area contributed by atoms with Gasteiger partial charge in [0.25, 0.3) is 0 Å². The Morgan fingerprint density at radius 1 is 1.20 bits per heavy atom. The number of nitrogens with zero attached hydrogens (tertiary/aromatic N) is 2. The Kier molecular flexibility index (Phi) is 7.34. The van der Waals surface area contributed by atoms with Gasteiger partial charge < -0.3 is 15.1 Å². The van der Waals surface area contributed by atoms with Crippen molar-refractivity contribution in [2.45, 2.75) is 26.3 Å². The molecule has 0 aliphatic rings. The van der Waals surface area contributed by atoms with E-state index in [1.807, 2.05) is 21.1 Å². The summed E-state index contributed by atoms with van der Waals surface area (Å²) in [6, 6.07) is 0.449. The normalized spacial score (nSPS) is 11.1. The summed E-state index contributed by atoms with van der Waals surface area (Å²) in [5, 5.41) is 3.24. The molecule has 0 aliphatic carbocycles. The van der Waals surface area contributed by atoms with Gasteiger partial charge in [-0.25, -0.2) is 0 Å². The summed E-state index contributed by atoms with van der Waals surface area (Å²) in [6.07, 6.45) is 0.585. The van der Waals surface area contributed by atoms with Crippen molar-refractivity contribution in [1.82, 2.24) is 15.1 Å². The first-order chi connectivity index (χ1) is 6.93. The molecule has 15 heavy (non-hydrogen) atoms. The Labute approximate surface area is 93.6 Å². The molecule has 4 heteroatoms. The molecule has 0 saturated carbocycles. The van der Waals surface area contributed by atoms with Crippen LogP contribution in [0.25, 0.3) is 0 Å². The van der Waals surface area contributed by atoms with Crippen LogP contribution in [0.15, 0.2) is 0 Å². The highest BCUT2D eigenvalue weighted by atomic mass is 16.2. The van der Waals surface area contributed by atoms with E-state index in [0.29, 0.717) is 12.5 Å². The van der Waals surface area contributed by atoms with Crippen molar-refractivity contribution in [3.63, 3.8) is 0 Å². The lowest BCUT2D eigenvalue weighted by Crippen LogP contribution is -2.35. The van der Waals surface area contributed by atoms with Gasteiger partial charge in [-0.1, -0.05) is 13.8 Å². The molecule has 0 aromatic rings. The van der Waals surface area contributed by atoms with E-state index in [-0.39, 0.29) is 5.91 Å². The fraction of sp³-hybridized carbons (Fsp3) is 0.909. The van der Waals surface area contributed by atoms with E-state index in [0.717, 1.165) is 19.6 Å². The molecule has 0 heterocycles. The van der Waals surface area contributed by atoms with Crippen LogP contribution in [0.3, 0.4) is 0 Å². The summed E-state index contributed by atoms with van der Waals surface area (Å²) in [5.74, 6) is 0.213. The maximum absolute atomic E-state index is 11.6. The van der Waals surface area contributed by atoms with Crippen molar-refractivity contribution in [2.75, 3.05) is 40.8 Å². The molecule has 90 valence electrons. The molecular weight excluding hydrogens is 190 g/mol. The van der Waals surface area contributed by atoms with E-state index in [1.54, 1.807) is 4.90 Å². The summed E-state index contributed by atoms with van der Waals surface area (Å²) in [6.45, 7) is 6.65. The molecule has 0 radical (unpaired) electrons. The summed E-state index contributed by atoms with van der Waals surface area (Å²) in [4.78, 5) is 15.5. The van der Waals surface area contributed by atoms with Crippen LogP contribution < -0.4 is 5.32 Å². The molecule has 0 aromatic heterocycles. The number of nitrogens with one attached hydrogen (secondary N) is 1. The van der Waals surface area contributed by atoms with Crippen LogP contribution in [-0.4, -0.2) is 62.5 Å². The van der Waals surface area contributed by atoms with Crippen molar-refractivity contribution < 1.29 is 4.79 Å². The van der Waals surface area contributed by atoms with Crippen LogP contribution in [-0.2, 0) is 4.79 Å². The summed E-state index contributed by atoms with van der Waals surface area (Å²) >= 11 is 0. The molecule has 0 fully saturated rings. The molecule has 0 atom stereocenters. The first kappa shape index (κ1) is 14.4. The topological polar surface area (TPSA) is 35.6 Å². The van der Waals surface area contributed by atoms with E-state index >= 15 is 0 Å². The van der Waals surface area contributed by atoms with E-state index < -0.39 is 0 Å². The second-order valence-corrected chi connectivity index (χ2v) is 4.48. The molecule has 1 amide bonds. The van der Waals surface area contributed by atoms with Gasteiger partial charge in [0.15, 0.2) is 0 Å². The maximum atomic E-state index is 11.6. The van der Waals surface area contributed by atoms with E-state index in [4.69, 9.17) is 0 Å². The Bertz CT molecular complexity index is 181. The van der Waals surface area contributed by atoms with Gasteiger partial charge in [0.05, 0.1) is 0 Å². The second kappa shape index (κ2) is 7.65. The van der Waals surface area contributed by atoms with Gasteiger partial charge >= 0.3 is 0 Å². The fourth-order valence-corrected chi connectivity index (χ4v) is 1.13. The summed E-state index contributed by atoms with van der Waals surface area (Å²) < 4.78 is 0. The summed E-state index contributed by atoms with van der Waals surface area (Å²) in [5.41, 5.74) is 0. The number of amides is 1. The fourth-order valence-electron chi connectivity index (χ4n) is 1.13. The quantitative estimate of drug-likeness (QED) is 0.667. The van der Waals surface area contributed by atoms with Crippen molar-refractivity contribution in [3.8, 4) is 0 Å². The second-order valence-electron chi connectivity index (χ2n) is 4.48. The lowest BCUT2D eigenvalue weighted by Gasteiger charge is -2.20. The van der Waals surface area contributed by atoms with Gasteiger partial charge in [0.1, 0.15) is 0 Å². The Balaban J connectivity index is 3.60. The molecule has 0 saturated heterocycles. The SMILES string of the molecule is CC(C)NCCC(=O)N(C)CCN(C)C. The minimum Gasteiger partial charge on any atom is -0.344 e. The molecule has 0 aromatic carbocycles. The van der Waals surface area contributed by atoms with Crippen LogP contribution in [0.5, 0.6) is 0 Å². The molecule has 0 bridgehead atoms. The molecule has 0 unspecified atom stereocenters. The zero-order chi connectivity index (χ0) is 11.8. The minimum atomic E-state index is 0.213. The lowest BCUT2D eigenvalue weighted by atomic mass is 10.3. The third-order valence-electron chi connectivity index (χ3n) is 2.20. The number of likely N-dealkylation sites (N-methyl/N-ethyl adjacent to an activating group) is 2. The molecule has 0 rings (SSSR count). The average Bonchev–Trinajstić information content (AvgIpc) is 2.13. The maximum Gasteiger partial charge on any atom is 0.223 e. The molecule has 0 aliphatic heterocycles.